The lowest BCUT2D eigenvalue weighted by molar-refractivity contribution is 0.121. The monoisotopic (exact) mass is 955 g/mol. The van der Waals surface area contributed by atoms with E-state index in [0.717, 1.165) is 141 Å². The van der Waals surface area contributed by atoms with E-state index in [0.29, 0.717) is 0 Å². The van der Waals surface area contributed by atoms with Crippen molar-refractivity contribution in [3.8, 4) is 0 Å². The molecular formula is C28H31Br6N7O. The van der Waals surface area contributed by atoms with E-state index in [2.05, 4.69) is 115 Å². The molecule has 3 aliphatic rings. The van der Waals surface area contributed by atoms with Gasteiger partial charge in [-0.15, -0.1) is 0 Å². The number of ether oxygens (including phenoxy) is 1. The molecule has 7 rings (SSSR count). The van der Waals surface area contributed by atoms with E-state index in [9.17, 15) is 0 Å². The Hall–Kier alpha value is -0.220. The quantitative estimate of drug-likeness (QED) is 0.149. The Bertz CT molecular complexity index is 1650. The van der Waals surface area contributed by atoms with Gasteiger partial charge >= 0.3 is 0 Å². The van der Waals surface area contributed by atoms with Crippen molar-refractivity contribution in [3.05, 3.63) is 38.0 Å². The molecule has 2 aromatic heterocycles. The first kappa shape index (κ1) is 31.7. The van der Waals surface area contributed by atoms with Crippen LogP contribution in [0.25, 0.3) is 22.1 Å². The number of aromatic nitrogens is 4. The summed E-state index contributed by atoms with van der Waals surface area (Å²) >= 11 is 22.1. The Balaban J connectivity index is 0.000000150. The van der Waals surface area contributed by atoms with Crippen molar-refractivity contribution in [2.45, 2.75) is 51.6 Å². The zero-order chi connectivity index (χ0) is 29.5. The molecule has 8 nitrogen and oxygen atoms in total. The third-order valence-electron chi connectivity index (χ3n) is 8.03. The summed E-state index contributed by atoms with van der Waals surface area (Å²) in [5.74, 6) is 2.05. The third kappa shape index (κ3) is 5.78. The Labute approximate surface area is 295 Å². The minimum atomic E-state index is 0.744. The molecule has 0 saturated carbocycles. The van der Waals surface area contributed by atoms with Crippen LogP contribution in [-0.4, -0.2) is 58.5 Å². The molecular weight excluding hydrogens is 930 g/mol. The summed E-state index contributed by atoms with van der Waals surface area (Å²) in [6.07, 6.45) is 6.59. The summed E-state index contributed by atoms with van der Waals surface area (Å²) in [4.78, 5) is 12.1. The first-order valence-corrected chi connectivity index (χ1v) is 19.0. The van der Waals surface area contributed by atoms with Gasteiger partial charge < -0.3 is 29.8 Å². The normalized spacial score (nSPS) is 16.2. The highest BCUT2D eigenvalue weighted by molar-refractivity contribution is 9.15. The lowest BCUT2D eigenvalue weighted by Crippen LogP contribution is -2.38. The minimum absolute atomic E-state index is 0.744. The van der Waals surface area contributed by atoms with Crippen LogP contribution >= 0.6 is 95.6 Å². The van der Waals surface area contributed by atoms with E-state index >= 15 is 0 Å². The summed E-state index contributed by atoms with van der Waals surface area (Å²) in [7, 11) is 0. The molecule has 3 aliphatic heterocycles. The van der Waals surface area contributed by atoms with Crippen LogP contribution in [0.15, 0.2) is 26.8 Å². The maximum absolute atomic E-state index is 5.54. The van der Waals surface area contributed by atoms with Crippen molar-refractivity contribution in [3.63, 3.8) is 0 Å². The van der Waals surface area contributed by atoms with Gasteiger partial charge in [0.15, 0.2) is 0 Å². The third-order valence-corrected chi connectivity index (χ3v) is 15.0. The van der Waals surface area contributed by atoms with Gasteiger partial charge in [-0.25, -0.2) is 9.97 Å². The first-order chi connectivity index (χ1) is 20.3. The number of benzene rings is 2. The number of hydrogen-bond acceptors (Lipinski definition) is 6. The molecule has 42 heavy (non-hydrogen) atoms. The average Bonchev–Trinajstić information content (AvgIpc) is 3.60. The van der Waals surface area contributed by atoms with Crippen LogP contribution in [0, 0.1) is 0 Å². The second-order valence-corrected chi connectivity index (χ2v) is 15.4. The van der Waals surface area contributed by atoms with Crippen LogP contribution in [0.1, 0.15) is 36.8 Å². The highest BCUT2D eigenvalue weighted by Gasteiger charge is 2.28. The summed E-state index contributed by atoms with van der Waals surface area (Å²) in [6.45, 7) is 7.11. The maximum atomic E-state index is 5.54. The number of imidazole rings is 2. The summed E-state index contributed by atoms with van der Waals surface area (Å²) in [6, 6.07) is 0. The first-order valence-electron chi connectivity index (χ1n) is 14.2. The largest absolute Gasteiger partial charge is 0.378 e. The molecule has 0 unspecified atom stereocenters. The molecule has 4 aromatic rings. The molecule has 1 saturated heterocycles. The minimum Gasteiger partial charge on any atom is -0.378 e. The van der Waals surface area contributed by atoms with Crippen LogP contribution in [0.5, 0.6) is 0 Å². The fraction of sp³-hybridized carbons (Fsp3) is 0.500. The van der Waals surface area contributed by atoms with Crippen molar-refractivity contribution in [2.75, 3.05) is 49.6 Å². The predicted octanol–water partition coefficient (Wildman–Crippen LogP) is 8.53. The average molecular weight is 961 g/mol. The van der Waals surface area contributed by atoms with Gasteiger partial charge in [-0.05, 0) is 152 Å². The van der Waals surface area contributed by atoms with Crippen molar-refractivity contribution in [2.24, 2.45) is 5.73 Å². The standard InChI is InChI=1S/C14H17Br3N4.C14H14Br3N3O/c15-9-8-4-3-7-21-13(8)12(11(17)10(9)16)20-14(21)19-6-2-1-5-18;15-9-8-2-1-3-20-13(8)12(11(17)10(9)16)18-14(20)19-4-6-21-7-5-19/h1-7,18H2,(H,19,20);1-7H2. The number of nitrogens with zero attached hydrogens (tertiary/aromatic N) is 5. The van der Waals surface area contributed by atoms with Crippen LogP contribution < -0.4 is 16.0 Å². The Morgan fingerprint density at radius 2 is 1.26 bits per heavy atom. The van der Waals surface area contributed by atoms with Crippen LogP contribution in [0.2, 0.25) is 0 Å². The van der Waals surface area contributed by atoms with Gasteiger partial charge in [0.2, 0.25) is 11.9 Å². The van der Waals surface area contributed by atoms with Crippen molar-refractivity contribution >= 4 is 130 Å². The number of halogens is 6. The van der Waals surface area contributed by atoms with E-state index in [4.69, 9.17) is 20.4 Å². The summed E-state index contributed by atoms with van der Waals surface area (Å²) in [5, 5.41) is 3.46. The maximum Gasteiger partial charge on any atom is 0.206 e. The Morgan fingerprint density at radius 3 is 1.88 bits per heavy atom. The van der Waals surface area contributed by atoms with Crippen molar-refractivity contribution < 1.29 is 4.74 Å². The van der Waals surface area contributed by atoms with E-state index in [1.807, 2.05) is 0 Å². The lowest BCUT2D eigenvalue weighted by atomic mass is 10.0. The van der Waals surface area contributed by atoms with Crippen LogP contribution in [-0.2, 0) is 30.7 Å². The van der Waals surface area contributed by atoms with E-state index in [-0.39, 0.29) is 0 Å². The molecule has 14 heteroatoms. The number of aryl methyl sites for hydroxylation is 4. The van der Waals surface area contributed by atoms with Crippen molar-refractivity contribution in [1.29, 1.82) is 0 Å². The van der Waals surface area contributed by atoms with Gasteiger partial charge in [-0.3, -0.25) is 0 Å². The Morgan fingerprint density at radius 1 is 0.690 bits per heavy atom. The fourth-order valence-corrected chi connectivity index (χ4v) is 9.51. The van der Waals surface area contributed by atoms with E-state index in [1.165, 1.54) is 22.2 Å². The molecule has 0 amide bonds. The summed E-state index contributed by atoms with van der Waals surface area (Å²) in [5.41, 5.74) is 12.8. The number of unbranched alkanes of at least 4 members (excludes halogenated alkanes) is 1. The summed E-state index contributed by atoms with van der Waals surface area (Å²) < 4.78 is 16.6. The predicted molar refractivity (Wildman–Crippen MR) is 192 cm³/mol. The smallest absolute Gasteiger partial charge is 0.206 e. The number of morpholine rings is 1. The van der Waals surface area contributed by atoms with Crippen LogP contribution in [0.4, 0.5) is 11.9 Å². The van der Waals surface area contributed by atoms with Crippen LogP contribution in [0.3, 0.4) is 0 Å². The van der Waals surface area contributed by atoms with Gasteiger partial charge in [-0.1, -0.05) is 0 Å². The second kappa shape index (κ2) is 13.6. The number of nitrogens with two attached hydrogens (primary N) is 1. The molecule has 3 N–H and O–H groups in total. The van der Waals surface area contributed by atoms with Gasteiger partial charge in [-0.2, -0.15) is 0 Å². The second-order valence-electron chi connectivity index (χ2n) is 10.6. The molecule has 0 atom stereocenters. The Kier molecular flexibility index (Phi) is 10.3. The molecule has 1 fully saturated rings. The molecule has 5 heterocycles. The SMILES string of the molecule is Brc1c(Br)c2c3c(nc(N4CCOCC4)n3CCC2)c1Br.NCCCCNc1nc2c(Br)c(Br)c(Br)c3c2n1CCC3. The van der Waals surface area contributed by atoms with Gasteiger partial charge in [0.1, 0.15) is 11.0 Å². The molecule has 0 radical (unpaired) electrons. The van der Waals surface area contributed by atoms with E-state index < -0.39 is 0 Å². The highest BCUT2D eigenvalue weighted by atomic mass is 79.9. The van der Waals surface area contributed by atoms with Gasteiger partial charge in [0.25, 0.3) is 0 Å². The van der Waals surface area contributed by atoms with Crippen molar-refractivity contribution in [1.82, 2.24) is 19.1 Å². The molecule has 0 bridgehead atoms. The lowest BCUT2D eigenvalue weighted by Gasteiger charge is -2.29. The number of anilines is 2. The zero-order valence-corrected chi connectivity index (χ0v) is 32.4. The number of hydrogen-bond donors (Lipinski definition) is 2. The van der Waals surface area contributed by atoms with Gasteiger partial charge in [0, 0.05) is 50.6 Å². The number of nitrogens with one attached hydrogen (secondary N) is 1. The molecule has 0 spiro atoms. The van der Waals surface area contributed by atoms with E-state index in [1.54, 1.807) is 0 Å². The molecule has 226 valence electrons. The molecule has 2 aromatic carbocycles. The zero-order valence-electron chi connectivity index (χ0n) is 22.9. The fourth-order valence-electron chi connectivity index (χ4n) is 6.01. The molecule has 0 aliphatic carbocycles. The highest BCUT2D eigenvalue weighted by Crippen LogP contribution is 2.45. The van der Waals surface area contributed by atoms with Gasteiger partial charge in [0.05, 0.1) is 33.2 Å². The topological polar surface area (TPSA) is 86.2 Å². The number of rotatable bonds is 6.